The van der Waals surface area contributed by atoms with Gasteiger partial charge in [-0.25, -0.2) is 4.79 Å². The van der Waals surface area contributed by atoms with Crippen LogP contribution in [0.2, 0.25) is 0 Å². The molecule has 1 spiro atoms. The number of hydrogen-bond acceptors (Lipinski definition) is 3. The van der Waals surface area contributed by atoms with E-state index in [-0.39, 0.29) is 11.9 Å². The molecule has 2 saturated heterocycles. The summed E-state index contributed by atoms with van der Waals surface area (Å²) < 4.78 is 0. The van der Waals surface area contributed by atoms with Crippen molar-refractivity contribution in [3.05, 3.63) is 47.5 Å². The average Bonchev–Trinajstić information content (AvgIpc) is 2.82. The molecule has 0 unspecified atom stereocenters. The molecule has 2 aromatic rings. The molecule has 5 heteroatoms. The molecule has 2 aromatic carbocycles. The van der Waals surface area contributed by atoms with E-state index in [0.29, 0.717) is 19.4 Å². The van der Waals surface area contributed by atoms with E-state index in [0.717, 1.165) is 35.0 Å². The third-order valence-corrected chi connectivity index (χ3v) is 5.29. The highest BCUT2D eigenvalue weighted by Crippen LogP contribution is 2.30. The SMILES string of the molecule is Cc1ccc2ccccc2c1CN1C(=O)NC2(CCNCC2)C1=O. The Labute approximate surface area is 141 Å². The lowest BCUT2D eigenvalue weighted by Crippen LogP contribution is -2.53. The fourth-order valence-corrected chi connectivity index (χ4v) is 3.83. The van der Waals surface area contributed by atoms with E-state index in [1.807, 2.05) is 19.1 Å². The molecule has 5 nitrogen and oxygen atoms in total. The normalized spacial score (nSPS) is 20.0. The number of carbonyl (C=O) groups is 2. The molecule has 124 valence electrons. The Morgan fingerprint density at radius 1 is 1.08 bits per heavy atom. The number of amides is 3. The first kappa shape index (κ1) is 15.1. The van der Waals surface area contributed by atoms with E-state index in [2.05, 4.69) is 34.9 Å². The van der Waals surface area contributed by atoms with Gasteiger partial charge in [0.15, 0.2) is 0 Å². The number of piperidine rings is 1. The van der Waals surface area contributed by atoms with E-state index in [1.165, 1.54) is 4.90 Å². The second kappa shape index (κ2) is 5.60. The number of carbonyl (C=O) groups excluding carboxylic acids is 2. The molecule has 2 aliphatic rings. The van der Waals surface area contributed by atoms with Crippen molar-refractivity contribution in [3.8, 4) is 0 Å². The lowest BCUT2D eigenvalue weighted by molar-refractivity contribution is -0.132. The van der Waals surface area contributed by atoms with Crippen molar-refractivity contribution < 1.29 is 9.59 Å². The standard InChI is InChI=1S/C19H21N3O2/c1-13-6-7-14-4-2-3-5-15(14)16(13)12-22-17(23)19(21-18(22)24)8-10-20-11-9-19/h2-7,20H,8-12H2,1H3,(H,21,24). The smallest absolute Gasteiger partial charge is 0.323 e. The third-order valence-electron chi connectivity index (χ3n) is 5.29. The van der Waals surface area contributed by atoms with Gasteiger partial charge in [0.2, 0.25) is 0 Å². The van der Waals surface area contributed by atoms with Gasteiger partial charge in [0, 0.05) is 0 Å². The van der Waals surface area contributed by atoms with Crippen LogP contribution in [-0.4, -0.2) is 35.5 Å². The number of urea groups is 1. The predicted molar refractivity (Wildman–Crippen MR) is 92.6 cm³/mol. The van der Waals surface area contributed by atoms with E-state index >= 15 is 0 Å². The third kappa shape index (κ3) is 2.27. The first-order chi connectivity index (χ1) is 11.6. The van der Waals surface area contributed by atoms with Crippen LogP contribution in [0.5, 0.6) is 0 Å². The number of rotatable bonds is 2. The highest BCUT2D eigenvalue weighted by atomic mass is 16.2. The second-order valence-corrected chi connectivity index (χ2v) is 6.74. The van der Waals surface area contributed by atoms with Crippen molar-refractivity contribution >= 4 is 22.7 Å². The van der Waals surface area contributed by atoms with Gasteiger partial charge in [-0.05, 0) is 54.8 Å². The minimum Gasteiger partial charge on any atom is -0.323 e. The molecule has 4 rings (SSSR count). The van der Waals surface area contributed by atoms with Crippen molar-refractivity contribution in [3.63, 3.8) is 0 Å². The fourth-order valence-electron chi connectivity index (χ4n) is 3.83. The van der Waals surface area contributed by atoms with Crippen molar-refractivity contribution in [1.82, 2.24) is 15.5 Å². The van der Waals surface area contributed by atoms with E-state index < -0.39 is 5.54 Å². The average molecular weight is 323 g/mol. The summed E-state index contributed by atoms with van der Waals surface area (Å²) in [5, 5.41) is 8.43. The van der Waals surface area contributed by atoms with E-state index in [1.54, 1.807) is 0 Å². The number of hydrogen-bond donors (Lipinski definition) is 2. The van der Waals surface area contributed by atoms with E-state index in [9.17, 15) is 9.59 Å². The molecule has 0 saturated carbocycles. The Balaban J connectivity index is 1.70. The molecule has 0 atom stereocenters. The van der Waals surface area contributed by atoms with Gasteiger partial charge in [-0.15, -0.1) is 0 Å². The van der Waals surface area contributed by atoms with Crippen LogP contribution >= 0.6 is 0 Å². The molecule has 24 heavy (non-hydrogen) atoms. The Hall–Kier alpha value is -2.40. The Bertz CT molecular complexity index is 824. The molecule has 2 heterocycles. The quantitative estimate of drug-likeness (QED) is 0.834. The summed E-state index contributed by atoms with van der Waals surface area (Å²) in [6, 6.07) is 12.0. The maximum atomic E-state index is 13.0. The van der Waals surface area contributed by atoms with Crippen LogP contribution in [0.15, 0.2) is 36.4 Å². The molecule has 0 bridgehead atoms. The molecule has 3 amide bonds. The van der Waals surface area contributed by atoms with Gasteiger partial charge in [-0.2, -0.15) is 0 Å². The number of imide groups is 1. The predicted octanol–water partition coefficient (Wildman–Crippen LogP) is 2.32. The van der Waals surface area contributed by atoms with Gasteiger partial charge in [0.1, 0.15) is 5.54 Å². The molecule has 0 radical (unpaired) electrons. The summed E-state index contributed by atoms with van der Waals surface area (Å²) in [7, 11) is 0. The van der Waals surface area contributed by atoms with Crippen molar-refractivity contribution in [2.75, 3.05) is 13.1 Å². The van der Waals surface area contributed by atoms with Crippen LogP contribution in [0.4, 0.5) is 4.79 Å². The van der Waals surface area contributed by atoms with Gasteiger partial charge in [-0.3, -0.25) is 9.69 Å². The Kier molecular flexibility index (Phi) is 3.53. The lowest BCUT2D eigenvalue weighted by Gasteiger charge is -2.31. The fraction of sp³-hybridized carbons (Fsp3) is 0.368. The van der Waals surface area contributed by atoms with E-state index in [4.69, 9.17) is 0 Å². The molecular weight excluding hydrogens is 302 g/mol. The summed E-state index contributed by atoms with van der Waals surface area (Å²) in [5.74, 6) is -0.0821. The van der Waals surface area contributed by atoms with Crippen molar-refractivity contribution in [1.29, 1.82) is 0 Å². The minimum atomic E-state index is -0.708. The molecule has 0 aromatic heterocycles. The number of nitrogens with one attached hydrogen (secondary N) is 2. The van der Waals surface area contributed by atoms with Crippen LogP contribution in [0, 0.1) is 6.92 Å². The zero-order valence-electron chi connectivity index (χ0n) is 13.8. The summed E-state index contributed by atoms with van der Waals surface area (Å²) in [6.45, 7) is 3.87. The number of benzene rings is 2. The first-order valence-electron chi connectivity index (χ1n) is 8.43. The van der Waals surface area contributed by atoms with Crippen LogP contribution in [0.3, 0.4) is 0 Å². The molecule has 2 aliphatic heterocycles. The summed E-state index contributed by atoms with van der Waals surface area (Å²) in [6.07, 6.45) is 1.31. The first-order valence-corrected chi connectivity index (χ1v) is 8.43. The maximum absolute atomic E-state index is 13.0. The largest absolute Gasteiger partial charge is 0.325 e. The lowest BCUT2D eigenvalue weighted by atomic mass is 9.88. The van der Waals surface area contributed by atoms with Crippen LogP contribution in [0.1, 0.15) is 24.0 Å². The summed E-state index contributed by atoms with van der Waals surface area (Å²) in [4.78, 5) is 26.8. The Morgan fingerprint density at radius 3 is 2.62 bits per heavy atom. The number of nitrogens with zero attached hydrogens (tertiary/aromatic N) is 1. The minimum absolute atomic E-state index is 0.0821. The highest BCUT2D eigenvalue weighted by Gasteiger charge is 2.51. The monoisotopic (exact) mass is 323 g/mol. The summed E-state index contributed by atoms with van der Waals surface area (Å²) in [5.41, 5.74) is 1.43. The number of fused-ring (bicyclic) bond motifs is 1. The topological polar surface area (TPSA) is 61.4 Å². The maximum Gasteiger partial charge on any atom is 0.325 e. The molecule has 0 aliphatic carbocycles. The van der Waals surface area contributed by atoms with Crippen LogP contribution in [0.25, 0.3) is 10.8 Å². The van der Waals surface area contributed by atoms with Gasteiger partial charge in [-0.1, -0.05) is 36.4 Å². The summed E-state index contributed by atoms with van der Waals surface area (Å²) >= 11 is 0. The zero-order chi connectivity index (χ0) is 16.7. The van der Waals surface area contributed by atoms with Crippen molar-refractivity contribution in [2.24, 2.45) is 0 Å². The highest BCUT2D eigenvalue weighted by molar-refractivity contribution is 6.07. The zero-order valence-corrected chi connectivity index (χ0v) is 13.8. The molecular formula is C19H21N3O2. The van der Waals surface area contributed by atoms with Gasteiger partial charge >= 0.3 is 6.03 Å². The molecule has 2 N–H and O–H groups in total. The second-order valence-electron chi connectivity index (χ2n) is 6.74. The van der Waals surface area contributed by atoms with Crippen LogP contribution in [-0.2, 0) is 11.3 Å². The van der Waals surface area contributed by atoms with Crippen LogP contribution < -0.4 is 10.6 Å². The van der Waals surface area contributed by atoms with Gasteiger partial charge in [0.25, 0.3) is 5.91 Å². The number of aryl methyl sites for hydroxylation is 1. The van der Waals surface area contributed by atoms with Gasteiger partial charge < -0.3 is 10.6 Å². The Morgan fingerprint density at radius 2 is 1.83 bits per heavy atom. The van der Waals surface area contributed by atoms with Crippen molar-refractivity contribution in [2.45, 2.75) is 31.8 Å². The van der Waals surface area contributed by atoms with Gasteiger partial charge in [0.05, 0.1) is 6.54 Å². The molecule has 2 fully saturated rings.